The van der Waals surface area contributed by atoms with E-state index >= 15 is 0 Å². The fourth-order valence-corrected chi connectivity index (χ4v) is 2.14. The third kappa shape index (κ3) is 3.96. The standard InChI is InChI=1S/C12H18IN/c1-3-7-11(2)14(13)10-12-8-5-4-6-9-12/h4-6,8-9,11H,3,7,10H2,1-2H3. The van der Waals surface area contributed by atoms with Crippen LogP contribution in [0.15, 0.2) is 30.3 Å². The molecule has 0 fully saturated rings. The zero-order valence-corrected chi connectivity index (χ0v) is 11.1. The lowest BCUT2D eigenvalue weighted by molar-refractivity contribution is 0.377. The third-order valence-corrected chi connectivity index (χ3v) is 3.65. The average Bonchev–Trinajstić information content (AvgIpc) is 2.19. The Labute approximate surface area is 101 Å². The van der Waals surface area contributed by atoms with Crippen molar-refractivity contribution in [2.75, 3.05) is 0 Å². The lowest BCUT2D eigenvalue weighted by Crippen LogP contribution is -2.22. The van der Waals surface area contributed by atoms with E-state index in [0.29, 0.717) is 6.04 Å². The van der Waals surface area contributed by atoms with E-state index in [1.54, 1.807) is 0 Å². The first-order chi connectivity index (χ1) is 6.74. The summed E-state index contributed by atoms with van der Waals surface area (Å²) < 4.78 is 2.39. The molecule has 0 aliphatic carbocycles. The van der Waals surface area contributed by atoms with Crippen molar-refractivity contribution in [3.05, 3.63) is 35.9 Å². The van der Waals surface area contributed by atoms with E-state index in [-0.39, 0.29) is 0 Å². The molecule has 1 atom stereocenters. The molecule has 0 aliphatic rings. The second-order valence-electron chi connectivity index (χ2n) is 3.68. The van der Waals surface area contributed by atoms with Gasteiger partial charge in [0.1, 0.15) is 0 Å². The van der Waals surface area contributed by atoms with Crippen molar-refractivity contribution < 1.29 is 0 Å². The van der Waals surface area contributed by atoms with Gasteiger partial charge in [0.05, 0.1) is 0 Å². The smallest absolute Gasteiger partial charge is 0.0335 e. The summed E-state index contributed by atoms with van der Waals surface area (Å²) in [5.74, 6) is 0. The van der Waals surface area contributed by atoms with Crippen molar-refractivity contribution in [3.8, 4) is 0 Å². The quantitative estimate of drug-likeness (QED) is 0.586. The molecular formula is C12H18IN. The van der Waals surface area contributed by atoms with E-state index in [1.165, 1.54) is 18.4 Å². The van der Waals surface area contributed by atoms with Gasteiger partial charge in [-0.2, -0.15) is 0 Å². The van der Waals surface area contributed by atoms with Gasteiger partial charge in [-0.3, -0.25) is 0 Å². The molecule has 0 saturated carbocycles. The van der Waals surface area contributed by atoms with Gasteiger partial charge in [0.25, 0.3) is 0 Å². The lowest BCUT2D eigenvalue weighted by Gasteiger charge is -2.21. The highest BCUT2D eigenvalue weighted by Gasteiger charge is 2.09. The van der Waals surface area contributed by atoms with E-state index in [0.717, 1.165) is 6.54 Å². The molecule has 0 radical (unpaired) electrons. The number of benzene rings is 1. The summed E-state index contributed by atoms with van der Waals surface area (Å²) in [4.78, 5) is 0. The van der Waals surface area contributed by atoms with Crippen LogP contribution in [0.1, 0.15) is 32.3 Å². The number of nitrogens with zero attached hydrogens (tertiary/aromatic N) is 1. The molecule has 0 saturated heterocycles. The molecule has 1 aromatic carbocycles. The van der Waals surface area contributed by atoms with Gasteiger partial charge in [0, 0.05) is 35.5 Å². The van der Waals surface area contributed by atoms with Crippen LogP contribution in [-0.2, 0) is 6.54 Å². The maximum absolute atomic E-state index is 2.43. The lowest BCUT2D eigenvalue weighted by atomic mass is 10.1. The van der Waals surface area contributed by atoms with Crippen molar-refractivity contribution in [2.45, 2.75) is 39.3 Å². The van der Waals surface area contributed by atoms with Crippen LogP contribution < -0.4 is 0 Å². The van der Waals surface area contributed by atoms with E-state index < -0.39 is 0 Å². The maximum atomic E-state index is 2.43. The fraction of sp³-hybridized carbons (Fsp3) is 0.500. The van der Waals surface area contributed by atoms with Gasteiger partial charge >= 0.3 is 0 Å². The Kier molecular flexibility index (Phi) is 5.48. The van der Waals surface area contributed by atoms with Gasteiger partial charge in [0.15, 0.2) is 0 Å². The largest absolute Gasteiger partial charge is 0.240 e. The first kappa shape index (κ1) is 12.0. The van der Waals surface area contributed by atoms with Crippen molar-refractivity contribution in [2.24, 2.45) is 0 Å². The Hall–Kier alpha value is -0.0900. The summed E-state index contributed by atoms with van der Waals surface area (Å²) in [6.07, 6.45) is 2.53. The Balaban J connectivity index is 2.44. The van der Waals surface area contributed by atoms with Crippen molar-refractivity contribution >= 4 is 22.9 Å². The van der Waals surface area contributed by atoms with E-state index in [9.17, 15) is 0 Å². The molecular weight excluding hydrogens is 285 g/mol. The minimum Gasteiger partial charge on any atom is -0.240 e. The van der Waals surface area contributed by atoms with E-state index in [1.807, 2.05) is 0 Å². The molecule has 1 rings (SSSR count). The van der Waals surface area contributed by atoms with E-state index in [4.69, 9.17) is 0 Å². The predicted molar refractivity (Wildman–Crippen MR) is 70.4 cm³/mol. The molecule has 1 aromatic rings. The first-order valence-corrected chi connectivity index (χ1v) is 6.17. The Bertz CT molecular complexity index is 248. The highest BCUT2D eigenvalue weighted by molar-refractivity contribution is 14.1. The molecule has 0 bridgehead atoms. The van der Waals surface area contributed by atoms with Gasteiger partial charge in [0.2, 0.25) is 0 Å². The minimum absolute atomic E-state index is 0.667. The van der Waals surface area contributed by atoms with Crippen molar-refractivity contribution in [1.29, 1.82) is 0 Å². The number of hydrogen-bond acceptors (Lipinski definition) is 1. The molecule has 1 nitrogen and oxygen atoms in total. The van der Waals surface area contributed by atoms with Gasteiger partial charge in [-0.25, -0.2) is 3.11 Å². The van der Waals surface area contributed by atoms with Gasteiger partial charge in [-0.05, 0) is 18.9 Å². The molecule has 0 spiro atoms. The van der Waals surface area contributed by atoms with Crippen molar-refractivity contribution in [1.82, 2.24) is 3.11 Å². The molecule has 0 amide bonds. The average molecular weight is 303 g/mol. The molecule has 0 N–H and O–H groups in total. The normalized spacial score (nSPS) is 13.1. The van der Waals surface area contributed by atoms with Gasteiger partial charge < -0.3 is 0 Å². The van der Waals surface area contributed by atoms with Crippen LogP contribution in [0.2, 0.25) is 0 Å². The molecule has 0 aliphatic heterocycles. The summed E-state index contributed by atoms with van der Waals surface area (Å²) in [5.41, 5.74) is 1.39. The second-order valence-corrected chi connectivity index (χ2v) is 4.92. The van der Waals surface area contributed by atoms with Crippen molar-refractivity contribution in [3.63, 3.8) is 0 Å². The summed E-state index contributed by atoms with van der Waals surface area (Å²) in [6.45, 7) is 5.57. The number of hydrogen-bond donors (Lipinski definition) is 0. The molecule has 0 aromatic heterocycles. The fourth-order valence-electron chi connectivity index (χ4n) is 1.47. The minimum atomic E-state index is 0.667. The summed E-state index contributed by atoms with van der Waals surface area (Å²) in [7, 11) is 0. The molecule has 2 heteroatoms. The third-order valence-electron chi connectivity index (χ3n) is 2.36. The first-order valence-electron chi connectivity index (χ1n) is 5.20. The Morgan fingerprint density at radius 3 is 2.50 bits per heavy atom. The molecule has 78 valence electrons. The van der Waals surface area contributed by atoms with Crippen LogP contribution in [0.5, 0.6) is 0 Å². The van der Waals surface area contributed by atoms with Crippen LogP contribution in [0.4, 0.5) is 0 Å². The second kappa shape index (κ2) is 6.40. The van der Waals surface area contributed by atoms with E-state index in [2.05, 4.69) is 70.2 Å². The molecule has 0 heterocycles. The van der Waals surface area contributed by atoms with Crippen LogP contribution >= 0.6 is 22.9 Å². The predicted octanol–water partition coefficient (Wildman–Crippen LogP) is 4.03. The summed E-state index contributed by atoms with van der Waals surface area (Å²) in [5, 5.41) is 0. The topological polar surface area (TPSA) is 3.24 Å². The Morgan fingerprint density at radius 2 is 1.93 bits per heavy atom. The highest BCUT2D eigenvalue weighted by atomic mass is 127. The SMILES string of the molecule is CCCC(C)N(I)Cc1ccccc1. The van der Waals surface area contributed by atoms with Crippen LogP contribution in [0.25, 0.3) is 0 Å². The number of halogens is 1. The Morgan fingerprint density at radius 1 is 1.29 bits per heavy atom. The van der Waals surface area contributed by atoms with Gasteiger partial charge in [-0.15, -0.1) is 0 Å². The zero-order chi connectivity index (χ0) is 10.4. The molecule has 14 heavy (non-hydrogen) atoms. The maximum Gasteiger partial charge on any atom is 0.0335 e. The van der Waals surface area contributed by atoms with Crippen LogP contribution in [0, 0.1) is 0 Å². The monoisotopic (exact) mass is 303 g/mol. The van der Waals surface area contributed by atoms with Gasteiger partial charge in [-0.1, -0.05) is 43.7 Å². The summed E-state index contributed by atoms with van der Waals surface area (Å²) in [6, 6.07) is 11.3. The highest BCUT2D eigenvalue weighted by Crippen LogP contribution is 2.16. The van der Waals surface area contributed by atoms with Crippen LogP contribution in [0.3, 0.4) is 0 Å². The van der Waals surface area contributed by atoms with Crippen LogP contribution in [-0.4, -0.2) is 9.16 Å². The molecule has 1 unspecified atom stereocenters. The zero-order valence-electron chi connectivity index (χ0n) is 8.91. The summed E-state index contributed by atoms with van der Waals surface area (Å²) >= 11 is 2.43. The number of rotatable bonds is 5.